The molecular weight excluding hydrogens is 380 g/mol. The molecule has 1 aromatic heterocycles. The maximum atomic E-state index is 13.1. The van der Waals surface area contributed by atoms with Gasteiger partial charge in [-0.3, -0.25) is 9.69 Å². The van der Waals surface area contributed by atoms with Gasteiger partial charge in [-0.05, 0) is 42.5 Å². The van der Waals surface area contributed by atoms with Crippen LogP contribution in [-0.4, -0.2) is 27.1 Å². The van der Waals surface area contributed by atoms with Gasteiger partial charge in [0.25, 0.3) is 5.91 Å². The van der Waals surface area contributed by atoms with Crippen molar-refractivity contribution in [2.45, 2.75) is 19.9 Å². The lowest BCUT2D eigenvalue weighted by Gasteiger charge is -2.13. The van der Waals surface area contributed by atoms with Gasteiger partial charge in [0.2, 0.25) is 0 Å². The van der Waals surface area contributed by atoms with Crippen molar-refractivity contribution in [1.29, 1.82) is 5.26 Å². The molecule has 0 radical (unpaired) electrons. The van der Waals surface area contributed by atoms with Gasteiger partial charge in [-0.2, -0.15) is 5.26 Å². The van der Waals surface area contributed by atoms with Crippen molar-refractivity contribution < 1.29 is 4.79 Å². The van der Waals surface area contributed by atoms with Crippen LogP contribution in [0.3, 0.4) is 0 Å². The van der Waals surface area contributed by atoms with Gasteiger partial charge in [-0.25, -0.2) is 4.99 Å². The minimum absolute atomic E-state index is 0.0244. The van der Waals surface area contributed by atoms with Crippen molar-refractivity contribution in [1.82, 2.24) is 9.47 Å². The Kier molecular flexibility index (Phi) is 5.50. The van der Waals surface area contributed by atoms with Gasteiger partial charge >= 0.3 is 0 Å². The van der Waals surface area contributed by atoms with Crippen LogP contribution in [0.5, 0.6) is 0 Å². The summed E-state index contributed by atoms with van der Waals surface area (Å²) in [6, 6.07) is 19.8. The lowest BCUT2D eigenvalue weighted by molar-refractivity contribution is -0.122. The number of hydrogen-bond donors (Lipinski definition) is 0. The third-order valence-corrected chi connectivity index (χ3v) is 5.67. The Balaban J connectivity index is 1.75. The second-order valence-electron chi connectivity index (χ2n) is 6.68. The van der Waals surface area contributed by atoms with Crippen LogP contribution in [0.4, 0.5) is 5.69 Å². The van der Waals surface area contributed by atoms with Crippen molar-refractivity contribution in [2.24, 2.45) is 4.99 Å². The van der Waals surface area contributed by atoms with Gasteiger partial charge in [0.05, 0.1) is 16.7 Å². The maximum Gasteiger partial charge on any atom is 0.266 e. The van der Waals surface area contributed by atoms with Crippen LogP contribution in [0.2, 0.25) is 0 Å². The number of para-hydroxylation sites is 2. The SMILES string of the molecule is CCCN1C(=O)/C(=C/c2cn(CC#N)c3ccccc23)SC1=Nc1ccccc1. The molecule has 2 heterocycles. The van der Waals surface area contributed by atoms with E-state index in [4.69, 9.17) is 10.3 Å². The molecule has 1 aliphatic rings. The minimum Gasteiger partial charge on any atom is -0.333 e. The number of aliphatic imine (C=N–C) groups is 1. The van der Waals surface area contributed by atoms with E-state index in [0.29, 0.717) is 16.6 Å². The Morgan fingerprint density at radius 1 is 1.14 bits per heavy atom. The predicted octanol–water partition coefficient (Wildman–Crippen LogP) is 5.18. The number of nitriles is 1. The Hall–Kier alpha value is -3.30. The van der Waals surface area contributed by atoms with E-state index in [2.05, 4.69) is 13.0 Å². The van der Waals surface area contributed by atoms with Crippen molar-refractivity contribution in [3.05, 3.63) is 71.3 Å². The van der Waals surface area contributed by atoms with Gasteiger partial charge in [-0.1, -0.05) is 43.3 Å². The van der Waals surface area contributed by atoms with Crippen LogP contribution in [0.1, 0.15) is 18.9 Å². The van der Waals surface area contributed by atoms with Crippen LogP contribution in [-0.2, 0) is 11.3 Å². The van der Waals surface area contributed by atoms with Crippen LogP contribution in [0.25, 0.3) is 17.0 Å². The molecule has 0 aliphatic carbocycles. The number of amidine groups is 1. The third-order valence-electron chi connectivity index (χ3n) is 4.66. The molecule has 1 aliphatic heterocycles. The molecule has 1 amide bonds. The van der Waals surface area contributed by atoms with Crippen LogP contribution in [0.15, 0.2) is 70.7 Å². The molecule has 3 aromatic rings. The van der Waals surface area contributed by atoms with E-state index in [-0.39, 0.29) is 12.5 Å². The fourth-order valence-corrected chi connectivity index (χ4v) is 4.38. The minimum atomic E-state index is -0.0244. The zero-order valence-corrected chi connectivity index (χ0v) is 16.9. The average Bonchev–Trinajstić information content (AvgIpc) is 3.23. The predicted molar refractivity (Wildman–Crippen MR) is 119 cm³/mol. The topological polar surface area (TPSA) is 61.4 Å². The van der Waals surface area contributed by atoms with Crippen molar-refractivity contribution >= 4 is 45.5 Å². The van der Waals surface area contributed by atoms with Gasteiger partial charge in [0.1, 0.15) is 6.54 Å². The Labute approximate surface area is 174 Å². The number of carbonyl (C=O) groups excluding carboxylic acids is 1. The van der Waals surface area contributed by atoms with Gasteiger partial charge < -0.3 is 4.57 Å². The van der Waals surface area contributed by atoms with E-state index in [1.54, 1.807) is 4.90 Å². The fraction of sp³-hybridized carbons (Fsp3) is 0.174. The molecule has 2 aromatic carbocycles. The molecule has 1 saturated heterocycles. The summed E-state index contributed by atoms with van der Waals surface area (Å²) in [4.78, 5) is 20.2. The maximum absolute atomic E-state index is 13.1. The number of carbonyl (C=O) groups is 1. The molecular formula is C23H20N4OS. The normalized spacial score (nSPS) is 16.8. The number of amides is 1. The second kappa shape index (κ2) is 8.38. The molecule has 5 nitrogen and oxygen atoms in total. The van der Waals surface area contributed by atoms with E-state index in [9.17, 15) is 4.79 Å². The Morgan fingerprint density at radius 3 is 2.66 bits per heavy atom. The summed E-state index contributed by atoms with van der Waals surface area (Å²) in [5, 5.41) is 10.8. The molecule has 6 heteroatoms. The molecule has 0 unspecified atom stereocenters. The lowest BCUT2D eigenvalue weighted by atomic mass is 10.1. The highest BCUT2D eigenvalue weighted by Gasteiger charge is 2.33. The van der Waals surface area contributed by atoms with Crippen molar-refractivity contribution in [2.75, 3.05) is 6.54 Å². The molecule has 4 rings (SSSR count). The summed E-state index contributed by atoms with van der Waals surface area (Å²) in [5.74, 6) is -0.0244. The second-order valence-corrected chi connectivity index (χ2v) is 7.69. The zero-order valence-electron chi connectivity index (χ0n) is 16.1. The van der Waals surface area contributed by atoms with E-state index in [0.717, 1.165) is 28.6 Å². The highest BCUT2D eigenvalue weighted by molar-refractivity contribution is 8.18. The first-order chi connectivity index (χ1) is 14.2. The first-order valence-electron chi connectivity index (χ1n) is 9.51. The van der Waals surface area contributed by atoms with Crippen molar-refractivity contribution in [3.8, 4) is 6.07 Å². The first-order valence-corrected chi connectivity index (χ1v) is 10.3. The van der Waals surface area contributed by atoms with E-state index in [1.807, 2.05) is 71.4 Å². The molecule has 0 spiro atoms. The number of thioether (sulfide) groups is 1. The molecule has 0 N–H and O–H groups in total. The fourth-order valence-electron chi connectivity index (χ4n) is 3.36. The largest absolute Gasteiger partial charge is 0.333 e. The Morgan fingerprint density at radius 2 is 1.90 bits per heavy atom. The average molecular weight is 401 g/mol. The number of benzene rings is 2. The highest BCUT2D eigenvalue weighted by Crippen LogP contribution is 2.35. The molecule has 144 valence electrons. The quantitative estimate of drug-likeness (QED) is 0.555. The summed E-state index contributed by atoms with van der Waals surface area (Å²) >= 11 is 1.40. The highest BCUT2D eigenvalue weighted by atomic mass is 32.2. The molecule has 0 atom stereocenters. The number of fused-ring (bicyclic) bond motifs is 1. The monoisotopic (exact) mass is 400 g/mol. The van der Waals surface area contributed by atoms with E-state index < -0.39 is 0 Å². The summed E-state index contributed by atoms with van der Waals surface area (Å²) in [6.45, 7) is 2.95. The van der Waals surface area contributed by atoms with Crippen LogP contribution < -0.4 is 0 Å². The lowest BCUT2D eigenvalue weighted by Crippen LogP contribution is -2.29. The number of aromatic nitrogens is 1. The summed E-state index contributed by atoms with van der Waals surface area (Å²) in [5.41, 5.74) is 2.75. The third kappa shape index (κ3) is 3.82. The van der Waals surface area contributed by atoms with Crippen molar-refractivity contribution in [3.63, 3.8) is 0 Å². The van der Waals surface area contributed by atoms with Crippen LogP contribution in [0, 0.1) is 11.3 Å². The zero-order chi connectivity index (χ0) is 20.2. The number of rotatable bonds is 5. The van der Waals surface area contributed by atoms with E-state index in [1.165, 1.54) is 11.8 Å². The van der Waals surface area contributed by atoms with Gasteiger partial charge in [0, 0.05) is 29.2 Å². The van der Waals surface area contributed by atoms with Crippen LogP contribution >= 0.6 is 11.8 Å². The number of nitrogens with zero attached hydrogens (tertiary/aromatic N) is 4. The van der Waals surface area contributed by atoms with Gasteiger partial charge in [0.15, 0.2) is 5.17 Å². The molecule has 1 fully saturated rings. The summed E-state index contributed by atoms with van der Waals surface area (Å²) in [6.07, 6.45) is 4.71. The van der Waals surface area contributed by atoms with Gasteiger partial charge in [-0.15, -0.1) is 0 Å². The number of hydrogen-bond acceptors (Lipinski definition) is 4. The molecule has 29 heavy (non-hydrogen) atoms. The summed E-state index contributed by atoms with van der Waals surface area (Å²) in [7, 11) is 0. The Bertz CT molecular complexity index is 1150. The summed E-state index contributed by atoms with van der Waals surface area (Å²) < 4.78 is 1.91. The smallest absolute Gasteiger partial charge is 0.266 e. The first kappa shape index (κ1) is 19.0. The molecule has 0 bridgehead atoms. The standard InChI is InChI=1S/C23H20N4OS/c1-2-13-27-22(28)21(29-23(27)25-18-8-4-3-5-9-18)15-17-16-26(14-12-24)20-11-7-6-10-19(17)20/h3-11,15-16H,2,13-14H2,1H3/b21-15-,25-23?. The molecule has 0 saturated carbocycles. The van der Waals surface area contributed by atoms with E-state index >= 15 is 0 Å².